The minimum atomic E-state index is -1.03. The van der Waals surface area contributed by atoms with Gasteiger partial charge < -0.3 is 5.32 Å². The monoisotopic (exact) mass is 407 g/mol. The number of urea groups is 1. The molecule has 5 amide bonds. The number of aryl methyl sites for hydroxylation is 1. The predicted octanol–water partition coefficient (Wildman–Crippen LogP) is 1.85. The van der Waals surface area contributed by atoms with Crippen LogP contribution in [0, 0.1) is 6.92 Å². The molecule has 0 saturated carbocycles. The van der Waals surface area contributed by atoms with Gasteiger partial charge in [0.1, 0.15) is 0 Å². The lowest BCUT2D eigenvalue weighted by Crippen LogP contribution is -2.37. The van der Waals surface area contributed by atoms with E-state index in [1.807, 2.05) is 6.92 Å². The van der Waals surface area contributed by atoms with Crippen LogP contribution >= 0.6 is 0 Å². The van der Waals surface area contributed by atoms with Gasteiger partial charge in [0.05, 0.1) is 12.2 Å². The van der Waals surface area contributed by atoms with Gasteiger partial charge in [-0.3, -0.25) is 19.2 Å². The van der Waals surface area contributed by atoms with Crippen molar-refractivity contribution in [2.75, 3.05) is 18.0 Å². The zero-order valence-electron chi connectivity index (χ0n) is 16.7. The topological polar surface area (TPSA) is 104 Å². The van der Waals surface area contributed by atoms with Crippen molar-refractivity contribution in [1.82, 2.24) is 10.2 Å². The summed E-state index contributed by atoms with van der Waals surface area (Å²) in [5.74, 6) is -2.58. The fourth-order valence-electron chi connectivity index (χ4n) is 3.04. The lowest BCUT2D eigenvalue weighted by molar-refractivity contribution is -0.139. The van der Waals surface area contributed by atoms with Crippen LogP contribution < -0.4 is 10.2 Å². The molecule has 0 spiro atoms. The van der Waals surface area contributed by atoms with Crippen molar-refractivity contribution < 1.29 is 24.0 Å². The highest BCUT2D eigenvalue weighted by molar-refractivity contribution is 6.53. The van der Waals surface area contributed by atoms with Crippen molar-refractivity contribution >= 4 is 35.2 Å². The lowest BCUT2D eigenvalue weighted by Gasteiger charge is -2.15. The number of rotatable bonds is 7. The Labute approximate surface area is 173 Å². The van der Waals surface area contributed by atoms with E-state index in [4.69, 9.17) is 0 Å². The van der Waals surface area contributed by atoms with E-state index in [-0.39, 0.29) is 11.6 Å². The molecule has 0 bridgehead atoms. The maximum absolute atomic E-state index is 12.6. The number of hydrogen-bond acceptors (Lipinski definition) is 5. The third-order valence-electron chi connectivity index (χ3n) is 4.71. The maximum Gasteiger partial charge on any atom is 0.339 e. The zero-order chi connectivity index (χ0) is 21.8. The van der Waals surface area contributed by atoms with Gasteiger partial charge >= 0.3 is 17.8 Å². The molecule has 8 nitrogen and oxygen atoms in total. The van der Waals surface area contributed by atoms with E-state index in [1.54, 1.807) is 48.5 Å². The molecule has 1 aliphatic rings. The molecule has 0 aromatic heterocycles. The first-order valence-corrected chi connectivity index (χ1v) is 9.41. The number of hydrogen-bond donors (Lipinski definition) is 1. The van der Waals surface area contributed by atoms with Crippen LogP contribution in [0.1, 0.15) is 28.4 Å². The fourth-order valence-corrected chi connectivity index (χ4v) is 3.04. The number of ketones is 1. The first kappa shape index (κ1) is 20.9. The zero-order valence-corrected chi connectivity index (χ0v) is 16.7. The van der Waals surface area contributed by atoms with Crippen molar-refractivity contribution in [1.29, 1.82) is 0 Å². The Balaban J connectivity index is 1.68. The molecule has 2 aromatic rings. The molecule has 1 aliphatic heterocycles. The summed E-state index contributed by atoms with van der Waals surface area (Å²) in [4.78, 5) is 62.1. The van der Waals surface area contributed by atoms with Gasteiger partial charge in [0, 0.05) is 19.0 Å². The van der Waals surface area contributed by atoms with Crippen LogP contribution in [0.25, 0.3) is 0 Å². The van der Waals surface area contributed by atoms with E-state index < -0.39 is 30.2 Å². The highest BCUT2D eigenvalue weighted by Crippen LogP contribution is 2.23. The largest absolute Gasteiger partial charge is 0.356 e. The van der Waals surface area contributed by atoms with E-state index in [0.29, 0.717) is 23.4 Å². The molecule has 3 rings (SSSR count). The first-order valence-electron chi connectivity index (χ1n) is 9.41. The van der Waals surface area contributed by atoms with E-state index in [9.17, 15) is 24.0 Å². The van der Waals surface area contributed by atoms with Gasteiger partial charge in [-0.15, -0.1) is 0 Å². The van der Waals surface area contributed by atoms with Crippen molar-refractivity contribution in [2.45, 2.75) is 20.3 Å². The van der Waals surface area contributed by atoms with E-state index in [2.05, 4.69) is 5.32 Å². The highest BCUT2D eigenvalue weighted by atomic mass is 16.2. The van der Waals surface area contributed by atoms with Gasteiger partial charge in [-0.2, -0.15) is 0 Å². The summed E-state index contributed by atoms with van der Waals surface area (Å²) in [7, 11) is 0. The van der Waals surface area contributed by atoms with E-state index >= 15 is 0 Å². The number of amides is 5. The minimum Gasteiger partial charge on any atom is -0.356 e. The molecule has 154 valence electrons. The average molecular weight is 407 g/mol. The number of nitrogens with zero attached hydrogens (tertiary/aromatic N) is 2. The molecule has 8 heteroatoms. The summed E-state index contributed by atoms with van der Waals surface area (Å²) < 4.78 is 0. The second-order valence-electron chi connectivity index (χ2n) is 7.00. The van der Waals surface area contributed by atoms with Gasteiger partial charge in [-0.1, -0.05) is 42.0 Å². The van der Waals surface area contributed by atoms with E-state index in [0.717, 1.165) is 16.0 Å². The van der Waals surface area contributed by atoms with Crippen molar-refractivity contribution in [3.05, 3.63) is 65.2 Å². The quantitative estimate of drug-likeness (QED) is 0.429. The Bertz CT molecular complexity index is 1010. The van der Waals surface area contributed by atoms with Crippen LogP contribution in [-0.4, -0.2) is 47.5 Å². The molecule has 0 atom stereocenters. The van der Waals surface area contributed by atoms with Gasteiger partial charge in [0.25, 0.3) is 0 Å². The number of benzene rings is 2. The Kier molecular flexibility index (Phi) is 6.06. The molecular weight excluding hydrogens is 386 g/mol. The Morgan fingerprint density at radius 2 is 1.53 bits per heavy atom. The Morgan fingerprint density at radius 3 is 2.13 bits per heavy atom. The SMILES string of the molecule is CC(=O)NCCc1ccc(C(=O)CN2C(=O)C(=O)N(c3ccc(C)cc3)C2=O)cc1. The number of imide groups is 2. The molecule has 1 saturated heterocycles. The third kappa shape index (κ3) is 4.43. The first-order chi connectivity index (χ1) is 14.3. The lowest BCUT2D eigenvalue weighted by atomic mass is 10.1. The van der Waals surface area contributed by atoms with Gasteiger partial charge in [0.15, 0.2) is 5.78 Å². The summed E-state index contributed by atoms with van der Waals surface area (Å²) in [6, 6.07) is 12.4. The summed E-state index contributed by atoms with van der Waals surface area (Å²) in [6.45, 7) is 3.26. The summed E-state index contributed by atoms with van der Waals surface area (Å²) in [5, 5.41) is 2.69. The summed E-state index contributed by atoms with van der Waals surface area (Å²) in [6.07, 6.45) is 0.608. The second-order valence-corrected chi connectivity index (χ2v) is 7.00. The second kappa shape index (κ2) is 8.69. The standard InChI is InChI=1S/C22H21N3O5/c1-14-3-9-18(10-4-14)25-21(29)20(28)24(22(25)30)13-19(27)17-7-5-16(6-8-17)11-12-23-15(2)26/h3-10H,11-13H2,1-2H3,(H,23,26). The van der Waals surface area contributed by atoms with Crippen LogP contribution in [0.5, 0.6) is 0 Å². The van der Waals surface area contributed by atoms with Gasteiger partial charge in [-0.05, 0) is 31.0 Å². The number of Topliss-reactive ketones (excluding diaryl/α,β-unsaturated/α-hetero) is 1. The third-order valence-corrected chi connectivity index (χ3v) is 4.71. The molecule has 0 aliphatic carbocycles. The number of anilines is 1. The van der Waals surface area contributed by atoms with Crippen LogP contribution in [0.4, 0.5) is 10.5 Å². The van der Waals surface area contributed by atoms with Crippen LogP contribution in [0.3, 0.4) is 0 Å². The number of carbonyl (C=O) groups excluding carboxylic acids is 5. The van der Waals surface area contributed by atoms with Crippen molar-refractivity contribution in [2.24, 2.45) is 0 Å². The molecule has 0 unspecified atom stereocenters. The van der Waals surface area contributed by atoms with Gasteiger partial charge in [0.2, 0.25) is 5.91 Å². The van der Waals surface area contributed by atoms with Crippen molar-refractivity contribution in [3.63, 3.8) is 0 Å². The molecule has 0 radical (unpaired) electrons. The average Bonchev–Trinajstić information content (AvgIpc) is 2.92. The molecular formula is C22H21N3O5. The summed E-state index contributed by atoms with van der Waals surface area (Å²) in [5.41, 5.74) is 2.47. The van der Waals surface area contributed by atoms with Crippen LogP contribution in [0.15, 0.2) is 48.5 Å². The molecule has 1 fully saturated rings. The molecule has 1 heterocycles. The highest BCUT2D eigenvalue weighted by Gasteiger charge is 2.46. The normalized spacial score (nSPS) is 13.7. The minimum absolute atomic E-state index is 0.115. The maximum atomic E-state index is 12.6. The van der Waals surface area contributed by atoms with Crippen LogP contribution in [0.2, 0.25) is 0 Å². The molecule has 1 N–H and O–H groups in total. The summed E-state index contributed by atoms with van der Waals surface area (Å²) >= 11 is 0. The fraction of sp³-hybridized carbons (Fsp3) is 0.227. The van der Waals surface area contributed by atoms with E-state index in [1.165, 1.54) is 6.92 Å². The number of carbonyl (C=O) groups is 5. The van der Waals surface area contributed by atoms with Crippen molar-refractivity contribution in [3.8, 4) is 0 Å². The predicted molar refractivity (Wildman–Crippen MR) is 109 cm³/mol. The van der Waals surface area contributed by atoms with Crippen LogP contribution in [-0.2, 0) is 20.8 Å². The number of nitrogens with one attached hydrogen (secondary N) is 1. The molecule has 2 aromatic carbocycles. The Morgan fingerprint density at radius 1 is 0.900 bits per heavy atom. The smallest absolute Gasteiger partial charge is 0.339 e. The van der Waals surface area contributed by atoms with Gasteiger partial charge in [-0.25, -0.2) is 14.6 Å². The Hall–Kier alpha value is -3.81. The molecule has 30 heavy (non-hydrogen) atoms.